The first-order valence-corrected chi connectivity index (χ1v) is 3.96. The van der Waals surface area contributed by atoms with Gasteiger partial charge >= 0.3 is 0 Å². The van der Waals surface area contributed by atoms with Gasteiger partial charge in [0, 0.05) is 6.04 Å². The van der Waals surface area contributed by atoms with Gasteiger partial charge in [0.25, 0.3) is 0 Å². The second kappa shape index (κ2) is 2.70. The first-order valence-electron chi connectivity index (χ1n) is 3.96. The molecule has 1 rings (SSSR count). The zero-order valence-electron chi connectivity index (χ0n) is 6.72. The fraction of sp³-hybridized carbons (Fsp3) is 1.00. The normalized spacial score (nSPS) is 24.0. The Balaban J connectivity index is 2.23. The minimum atomic E-state index is 0.804. The highest BCUT2D eigenvalue weighted by atomic mass is 15.2. The molecule has 1 saturated heterocycles. The molecule has 0 spiro atoms. The van der Waals surface area contributed by atoms with Crippen molar-refractivity contribution in [1.29, 1.82) is 0 Å². The van der Waals surface area contributed by atoms with Crippen molar-refractivity contribution >= 4 is 0 Å². The summed E-state index contributed by atoms with van der Waals surface area (Å²) in [7, 11) is 0. The van der Waals surface area contributed by atoms with E-state index in [9.17, 15) is 0 Å². The van der Waals surface area contributed by atoms with E-state index in [1.54, 1.807) is 0 Å². The van der Waals surface area contributed by atoms with Gasteiger partial charge in [-0.3, -0.25) is 0 Å². The quantitative estimate of drug-likeness (QED) is 0.546. The molecule has 54 valence electrons. The van der Waals surface area contributed by atoms with E-state index in [1.807, 2.05) is 0 Å². The van der Waals surface area contributed by atoms with Crippen molar-refractivity contribution in [3.8, 4) is 0 Å². The topological polar surface area (TPSA) is 3.24 Å². The van der Waals surface area contributed by atoms with Gasteiger partial charge in [-0.15, -0.1) is 0 Å². The number of nitrogens with zero attached hydrogens (tertiary/aromatic N) is 1. The monoisotopic (exact) mass is 127 g/mol. The van der Waals surface area contributed by atoms with Gasteiger partial charge in [0.15, 0.2) is 0 Å². The van der Waals surface area contributed by atoms with Crippen LogP contribution in [0.25, 0.3) is 0 Å². The summed E-state index contributed by atoms with van der Waals surface area (Å²) in [5.74, 6) is 0.824. The third-order valence-electron chi connectivity index (χ3n) is 2.43. The molecule has 0 aromatic heterocycles. The maximum absolute atomic E-state index is 2.55. The lowest BCUT2D eigenvalue weighted by atomic mass is 10.0. The number of hydrogen-bond donors (Lipinski definition) is 0. The summed E-state index contributed by atoms with van der Waals surface area (Å²) in [5.41, 5.74) is 0. The van der Waals surface area contributed by atoms with Crippen LogP contribution in [0.5, 0.6) is 0 Å². The van der Waals surface area contributed by atoms with Crippen LogP contribution < -0.4 is 0 Å². The van der Waals surface area contributed by atoms with E-state index in [0.717, 1.165) is 12.0 Å². The smallest absolute Gasteiger partial charge is 0.00899 e. The number of rotatable bonds is 2. The highest BCUT2D eigenvalue weighted by molar-refractivity contribution is 4.76. The van der Waals surface area contributed by atoms with Crippen LogP contribution in [0.3, 0.4) is 0 Å². The Morgan fingerprint density at radius 1 is 1.11 bits per heavy atom. The molecule has 0 bridgehead atoms. The average molecular weight is 127 g/mol. The van der Waals surface area contributed by atoms with Gasteiger partial charge in [0.2, 0.25) is 0 Å². The van der Waals surface area contributed by atoms with Crippen molar-refractivity contribution in [2.45, 2.75) is 33.2 Å². The Hall–Kier alpha value is -0.0400. The maximum atomic E-state index is 2.55. The Bertz CT molecular complexity index is 84.6. The second-order valence-electron chi connectivity index (χ2n) is 3.37. The van der Waals surface area contributed by atoms with E-state index in [1.165, 1.54) is 19.5 Å². The van der Waals surface area contributed by atoms with Crippen LogP contribution in [-0.2, 0) is 0 Å². The van der Waals surface area contributed by atoms with E-state index in [2.05, 4.69) is 25.7 Å². The third kappa shape index (κ3) is 1.45. The standard InChI is InChI=1S/C8H17N/c1-7(2)8(3)9-5-4-6-9/h7-8H,4-6H2,1-3H3. The van der Waals surface area contributed by atoms with Crippen molar-refractivity contribution in [2.75, 3.05) is 13.1 Å². The summed E-state index contributed by atoms with van der Waals surface area (Å²) < 4.78 is 0. The summed E-state index contributed by atoms with van der Waals surface area (Å²) >= 11 is 0. The van der Waals surface area contributed by atoms with Crippen LogP contribution in [-0.4, -0.2) is 24.0 Å². The predicted octanol–water partition coefficient (Wildman–Crippen LogP) is 1.74. The molecule has 0 aromatic carbocycles. The molecular weight excluding hydrogens is 110 g/mol. The minimum Gasteiger partial charge on any atom is -0.300 e. The summed E-state index contributed by atoms with van der Waals surface area (Å²) in [6.07, 6.45) is 1.41. The molecule has 0 amide bonds. The highest BCUT2D eigenvalue weighted by Crippen LogP contribution is 2.16. The van der Waals surface area contributed by atoms with Crippen LogP contribution in [0, 0.1) is 5.92 Å². The van der Waals surface area contributed by atoms with Crippen molar-refractivity contribution in [1.82, 2.24) is 4.90 Å². The van der Waals surface area contributed by atoms with Crippen molar-refractivity contribution in [3.05, 3.63) is 0 Å². The summed E-state index contributed by atoms with van der Waals surface area (Å²) in [4.78, 5) is 2.55. The lowest BCUT2D eigenvalue weighted by Gasteiger charge is -2.38. The molecule has 1 heterocycles. The van der Waals surface area contributed by atoms with E-state index < -0.39 is 0 Å². The number of hydrogen-bond acceptors (Lipinski definition) is 1. The van der Waals surface area contributed by atoms with Gasteiger partial charge in [0.1, 0.15) is 0 Å². The van der Waals surface area contributed by atoms with Gasteiger partial charge < -0.3 is 4.90 Å². The van der Waals surface area contributed by atoms with Crippen LogP contribution >= 0.6 is 0 Å². The fourth-order valence-electron chi connectivity index (χ4n) is 1.17. The Morgan fingerprint density at radius 2 is 1.67 bits per heavy atom. The van der Waals surface area contributed by atoms with Crippen LogP contribution in [0.15, 0.2) is 0 Å². The molecule has 0 saturated carbocycles. The van der Waals surface area contributed by atoms with Gasteiger partial charge in [-0.1, -0.05) is 13.8 Å². The molecule has 0 aromatic rings. The zero-order valence-corrected chi connectivity index (χ0v) is 6.72. The predicted molar refractivity (Wildman–Crippen MR) is 40.5 cm³/mol. The molecule has 1 nitrogen and oxygen atoms in total. The number of likely N-dealkylation sites (tertiary alicyclic amines) is 1. The Kier molecular flexibility index (Phi) is 2.12. The third-order valence-corrected chi connectivity index (χ3v) is 2.43. The van der Waals surface area contributed by atoms with Gasteiger partial charge in [0.05, 0.1) is 0 Å². The van der Waals surface area contributed by atoms with Crippen LogP contribution in [0.1, 0.15) is 27.2 Å². The molecule has 1 unspecified atom stereocenters. The van der Waals surface area contributed by atoms with Crippen molar-refractivity contribution < 1.29 is 0 Å². The molecule has 0 radical (unpaired) electrons. The van der Waals surface area contributed by atoms with Gasteiger partial charge in [-0.05, 0) is 32.4 Å². The molecule has 1 aliphatic rings. The molecule has 1 fully saturated rings. The average Bonchev–Trinajstić information content (AvgIpc) is 1.60. The lowest BCUT2D eigenvalue weighted by Crippen LogP contribution is -2.45. The SMILES string of the molecule is CC(C)C(C)N1CCC1. The first-order chi connectivity index (χ1) is 4.22. The van der Waals surface area contributed by atoms with Crippen LogP contribution in [0.4, 0.5) is 0 Å². The van der Waals surface area contributed by atoms with Crippen molar-refractivity contribution in [2.24, 2.45) is 5.92 Å². The molecule has 1 heteroatoms. The largest absolute Gasteiger partial charge is 0.300 e. The zero-order chi connectivity index (χ0) is 6.85. The molecule has 0 aliphatic carbocycles. The van der Waals surface area contributed by atoms with Crippen LogP contribution in [0.2, 0.25) is 0 Å². The van der Waals surface area contributed by atoms with E-state index in [-0.39, 0.29) is 0 Å². The minimum absolute atomic E-state index is 0.804. The molecule has 9 heavy (non-hydrogen) atoms. The molecule has 0 N–H and O–H groups in total. The van der Waals surface area contributed by atoms with Gasteiger partial charge in [-0.25, -0.2) is 0 Å². The Labute approximate surface area is 58.0 Å². The molecule has 1 aliphatic heterocycles. The van der Waals surface area contributed by atoms with Gasteiger partial charge in [-0.2, -0.15) is 0 Å². The highest BCUT2D eigenvalue weighted by Gasteiger charge is 2.21. The first kappa shape index (κ1) is 7.07. The summed E-state index contributed by atoms with van der Waals surface area (Å²) in [6, 6.07) is 0.804. The Morgan fingerprint density at radius 3 is 1.78 bits per heavy atom. The fourth-order valence-corrected chi connectivity index (χ4v) is 1.17. The van der Waals surface area contributed by atoms with Crippen molar-refractivity contribution in [3.63, 3.8) is 0 Å². The summed E-state index contributed by atoms with van der Waals surface area (Å²) in [6.45, 7) is 9.58. The van der Waals surface area contributed by atoms with E-state index in [0.29, 0.717) is 0 Å². The second-order valence-corrected chi connectivity index (χ2v) is 3.37. The van der Waals surface area contributed by atoms with E-state index >= 15 is 0 Å². The molecule has 1 atom stereocenters. The summed E-state index contributed by atoms with van der Waals surface area (Å²) in [5, 5.41) is 0. The molecular formula is C8H17N. The van der Waals surface area contributed by atoms with E-state index in [4.69, 9.17) is 0 Å². The maximum Gasteiger partial charge on any atom is 0.00899 e. The lowest BCUT2D eigenvalue weighted by molar-refractivity contribution is 0.0992.